The number of nitriles is 2. The monoisotopic (exact) mass is 194 g/mol. The second-order valence-corrected chi connectivity index (χ2v) is 2.96. The fourth-order valence-electron chi connectivity index (χ4n) is 1.33. The van der Waals surface area contributed by atoms with E-state index in [9.17, 15) is 0 Å². The van der Waals surface area contributed by atoms with Crippen molar-refractivity contribution < 1.29 is 4.42 Å². The van der Waals surface area contributed by atoms with Crippen LogP contribution in [-0.2, 0) is 0 Å². The average molecular weight is 194 g/mol. The van der Waals surface area contributed by atoms with Crippen LogP contribution in [0.4, 0.5) is 0 Å². The van der Waals surface area contributed by atoms with Gasteiger partial charge in [-0.1, -0.05) is 0 Å². The van der Waals surface area contributed by atoms with E-state index in [0.29, 0.717) is 16.9 Å². The minimum Gasteiger partial charge on any atom is -0.464 e. The molecular formula is C12H6N2O. The number of benzene rings is 1. The molecule has 70 valence electrons. The highest BCUT2D eigenvalue weighted by Crippen LogP contribution is 2.22. The van der Waals surface area contributed by atoms with Crippen LogP contribution in [0.2, 0.25) is 0 Å². The lowest BCUT2D eigenvalue weighted by Gasteiger charge is -1.98. The first-order valence-electron chi connectivity index (χ1n) is 4.33. The Balaban J connectivity index is 2.56. The lowest BCUT2D eigenvalue weighted by molar-refractivity contribution is 0.582. The van der Waals surface area contributed by atoms with Crippen LogP contribution in [0.5, 0.6) is 0 Å². The summed E-state index contributed by atoms with van der Waals surface area (Å²) in [5.41, 5.74) is 1.55. The number of furan rings is 1. The summed E-state index contributed by atoms with van der Waals surface area (Å²) < 4.78 is 5.20. The molecule has 0 aliphatic carbocycles. The van der Waals surface area contributed by atoms with E-state index in [4.69, 9.17) is 14.9 Å². The molecule has 0 radical (unpaired) electrons. The molecule has 0 unspecified atom stereocenters. The molecule has 15 heavy (non-hydrogen) atoms. The molecule has 1 aromatic carbocycles. The predicted octanol–water partition coefficient (Wildman–Crippen LogP) is 2.69. The number of hydrogen-bond donors (Lipinski definition) is 0. The fourth-order valence-corrected chi connectivity index (χ4v) is 1.33. The van der Waals surface area contributed by atoms with Gasteiger partial charge in [-0.15, -0.1) is 0 Å². The lowest BCUT2D eigenvalue weighted by Crippen LogP contribution is -1.84. The van der Waals surface area contributed by atoms with Crippen LogP contribution in [0.3, 0.4) is 0 Å². The first-order chi connectivity index (χ1) is 7.35. The van der Waals surface area contributed by atoms with E-state index < -0.39 is 0 Å². The Hall–Kier alpha value is -2.52. The van der Waals surface area contributed by atoms with E-state index in [1.54, 1.807) is 30.5 Å². The van der Waals surface area contributed by atoms with E-state index in [1.807, 2.05) is 18.2 Å². The summed E-state index contributed by atoms with van der Waals surface area (Å²) in [5.74, 6) is 0.691. The highest BCUT2D eigenvalue weighted by atomic mass is 16.3. The SMILES string of the molecule is N#Cc1ccc(-c2ccco2)cc1C#N. The second kappa shape index (κ2) is 3.69. The first kappa shape index (κ1) is 9.05. The first-order valence-corrected chi connectivity index (χ1v) is 4.33. The van der Waals surface area contributed by atoms with Crippen molar-refractivity contribution >= 4 is 0 Å². The molecule has 2 rings (SSSR count). The average Bonchev–Trinajstić information content (AvgIpc) is 2.81. The molecule has 2 aromatic rings. The molecule has 1 heterocycles. The standard InChI is InChI=1S/C12H6N2O/c13-7-10-4-3-9(6-11(10)8-14)12-2-1-5-15-12/h1-6H. The second-order valence-electron chi connectivity index (χ2n) is 2.96. The van der Waals surface area contributed by atoms with Gasteiger partial charge in [0.05, 0.1) is 17.4 Å². The quantitative estimate of drug-likeness (QED) is 0.701. The Bertz CT molecular complexity index is 556. The molecule has 0 aliphatic heterocycles. The van der Waals surface area contributed by atoms with E-state index >= 15 is 0 Å². The third kappa shape index (κ3) is 1.59. The summed E-state index contributed by atoms with van der Waals surface area (Å²) in [7, 11) is 0. The molecule has 1 aromatic heterocycles. The van der Waals surface area contributed by atoms with Gasteiger partial charge in [0.1, 0.15) is 17.9 Å². The minimum atomic E-state index is 0.367. The molecule has 0 amide bonds. The van der Waals surface area contributed by atoms with Crippen molar-refractivity contribution in [3.63, 3.8) is 0 Å². The van der Waals surface area contributed by atoms with Crippen molar-refractivity contribution in [2.75, 3.05) is 0 Å². The Labute approximate surface area is 86.8 Å². The Morgan fingerprint density at radius 2 is 1.80 bits per heavy atom. The molecule has 3 heteroatoms. The van der Waals surface area contributed by atoms with Gasteiger partial charge in [-0.05, 0) is 30.3 Å². The Morgan fingerprint density at radius 1 is 1.00 bits per heavy atom. The predicted molar refractivity (Wildman–Crippen MR) is 53.6 cm³/mol. The van der Waals surface area contributed by atoms with Gasteiger partial charge in [0.2, 0.25) is 0 Å². The Kier molecular flexibility index (Phi) is 2.23. The van der Waals surface area contributed by atoms with Gasteiger partial charge in [-0.25, -0.2) is 0 Å². The minimum absolute atomic E-state index is 0.367. The zero-order valence-electron chi connectivity index (χ0n) is 7.77. The molecule has 0 fully saturated rings. The molecule has 0 atom stereocenters. The Morgan fingerprint density at radius 3 is 2.40 bits per heavy atom. The van der Waals surface area contributed by atoms with E-state index in [-0.39, 0.29) is 0 Å². The molecule has 0 spiro atoms. The van der Waals surface area contributed by atoms with Crippen LogP contribution in [0, 0.1) is 22.7 Å². The van der Waals surface area contributed by atoms with Gasteiger partial charge >= 0.3 is 0 Å². The fraction of sp³-hybridized carbons (Fsp3) is 0. The smallest absolute Gasteiger partial charge is 0.133 e. The summed E-state index contributed by atoms with van der Waals surface area (Å²) in [6.45, 7) is 0. The summed E-state index contributed by atoms with van der Waals surface area (Å²) in [4.78, 5) is 0. The zero-order chi connectivity index (χ0) is 10.7. The number of nitrogens with zero attached hydrogens (tertiary/aromatic N) is 2. The van der Waals surface area contributed by atoms with E-state index in [2.05, 4.69) is 0 Å². The summed E-state index contributed by atoms with van der Waals surface area (Å²) >= 11 is 0. The third-order valence-corrected chi connectivity index (χ3v) is 2.07. The van der Waals surface area contributed by atoms with Crippen molar-refractivity contribution in [2.45, 2.75) is 0 Å². The van der Waals surface area contributed by atoms with Crippen molar-refractivity contribution in [3.05, 3.63) is 47.7 Å². The summed E-state index contributed by atoms with van der Waals surface area (Å²) in [6.07, 6.45) is 1.57. The van der Waals surface area contributed by atoms with E-state index in [1.165, 1.54) is 0 Å². The normalized spacial score (nSPS) is 9.20. The van der Waals surface area contributed by atoms with Gasteiger partial charge in [0.15, 0.2) is 0 Å². The van der Waals surface area contributed by atoms with Gasteiger partial charge in [-0.2, -0.15) is 10.5 Å². The van der Waals surface area contributed by atoms with Crippen molar-refractivity contribution in [1.29, 1.82) is 10.5 Å². The maximum atomic E-state index is 8.84. The topological polar surface area (TPSA) is 60.7 Å². The number of hydrogen-bond acceptors (Lipinski definition) is 3. The summed E-state index contributed by atoms with van der Waals surface area (Å²) in [5, 5.41) is 17.6. The molecule has 3 nitrogen and oxygen atoms in total. The van der Waals surface area contributed by atoms with Crippen LogP contribution < -0.4 is 0 Å². The largest absolute Gasteiger partial charge is 0.464 e. The molecular weight excluding hydrogens is 188 g/mol. The highest BCUT2D eigenvalue weighted by Gasteiger charge is 2.05. The van der Waals surface area contributed by atoms with Gasteiger partial charge in [-0.3, -0.25) is 0 Å². The van der Waals surface area contributed by atoms with Crippen molar-refractivity contribution in [2.24, 2.45) is 0 Å². The molecule has 0 N–H and O–H groups in total. The summed E-state index contributed by atoms with van der Waals surface area (Å²) in [6, 6.07) is 12.6. The van der Waals surface area contributed by atoms with Crippen LogP contribution in [0.1, 0.15) is 11.1 Å². The van der Waals surface area contributed by atoms with E-state index in [0.717, 1.165) is 5.56 Å². The van der Waals surface area contributed by atoms with Gasteiger partial charge < -0.3 is 4.42 Å². The molecule has 0 saturated heterocycles. The third-order valence-electron chi connectivity index (χ3n) is 2.07. The maximum Gasteiger partial charge on any atom is 0.133 e. The van der Waals surface area contributed by atoms with Crippen LogP contribution >= 0.6 is 0 Å². The van der Waals surface area contributed by atoms with Crippen LogP contribution in [-0.4, -0.2) is 0 Å². The van der Waals surface area contributed by atoms with Crippen LogP contribution in [0.15, 0.2) is 41.0 Å². The van der Waals surface area contributed by atoms with Crippen molar-refractivity contribution in [1.82, 2.24) is 0 Å². The molecule has 0 saturated carbocycles. The lowest BCUT2D eigenvalue weighted by atomic mass is 10.0. The van der Waals surface area contributed by atoms with Gasteiger partial charge in [0.25, 0.3) is 0 Å². The zero-order valence-corrected chi connectivity index (χ0v) is 7.77. The molecule has 0 bridgehead atoms. The maximum absolute atomic E-state index is 8.84. The highest BCUT2D eigenvalue weighted by molar-refractivity contribution is 5.62. The molecule has 0 aliphatic rings. The van der Waals surface area contributed by atoms with Crippen molar-refractivity contribution in [3.8, 4) is 23.5 Å². The van der Waals surface area contributed by atoms with Gasteiger partial charge in [0, 0.05) is 5.56 Å². The van der Waals surface area contributed by atoms with Crippen LogP contribution in [0.25, 0.3) is 11.3 Å². The number of rotatable bonds is 1.